The summed E-state index contributed by atoms with van der Waals surface area (Å²) < 4.78 is 0. The summed E-state index contributed by atoms with van der Waals surface area (Å²) >= 11 is 0. The topological polar surface area (TPSA) is 430 Å². The van der Waals surface area contributed by atoms with Crippen LogP contribution in [0.3, 0.4) is 0 Å². The fourth-order valence-corrected chi connectivity index (χ4v) is 8.47. The second kappa shape index (κ2) is 30.6. The molecule has 0 aliphatic heterocycles. The number of hydrogen-bond donors (Lipinski definition) is 15. The number of carbonyl (C=O) groups is 10. The number of amides is 10. The van der Waals surface area contributed by atoms with E-state index in [1.54, 1.807) is 38.4 Å². The van der Waals surface area contributed by atoms with E-state index >= 15 is 0 Å². The highest BCUT2D eigenvalue weighted by atomic mass is 16.2. The molecule has 27 nitrogen and oxygen atoms in total. The molecular formula is C51H77N17O10. The van der Waals surface area contributed by atoms with Gasteiger partial charge in [-0.3, -0.25) is 53.3 Å². The number of H-pyrrole nitrogens is 3. The molecule has 8 atom stereocenters. The Hall–Kier alpha value is -8.04. The van der Waals surface area contributed by atoms with E-state index in [0.717, 1.165) is 10.9 Å². The van der Waals surface area contributed by atoms with Gasteiger partial charge in [0.1, 0.15) is 30.2 Å². The van der Waals surface area contributed by atoms with Crippen LogP contribution >= 0.6 is 0 Å². The van der Waals surface area contributed by atoms with Gasteiger partial charge in [-0.1, -0.05) is 59.7 Å². The minimum Gasteiger partial charge on any atom is -0.370 e. The zero-order chi connectivity index (χ0) is 57.6. The highest BCUT2D eigenvalue weighted by molar-refractivity contribution is 6.01. The summed E-state index contributed by atoms with van der Waals surface area (Å²) in [5, 5.41) is 24.9. The van der Waals surface area contributed by atoms with E-state index in [0.29, 0.717) is 36.3 Å². The first-order valence-electron chi connectivity index (χ1n) is 25.8. The largest absolute Gasteiger partial charge is 0.370 e. The Kier molecular flexibility index (Phi) is 24.5. The van der Waals surface area contributed by atoms with Gasteiger partial charge in [0.2, 0.25) is 59.1 Å². The molecule has 27 heteroatoms. The zero-order valence-electron chi connectivity index (χ0n) is 45.1. The number of carbonyl (C=O) groups excluding carboxylic acids is 10. The van der Waals surface area contributed by atoms with Crippen molar-refractivity contribution in [1.82, 2.24) is 72.8 Å². The molecule has 3 heterocycles. The van der Waals surface area contributed by atoms with Gasteiger partial charge in [-0.15, -0.1) is 0 Å². The minimum atomic E-state index is -1.50. The molecule has 0 saturated carbocycles. The van der Waals surface area contributed by atoms with Crippen molar-refractivity contribution < 1.29 is 47.9 Å². The molecule has 4 aromatic rings. The number of benzene rings is 1. The molecule has 0 bridgehead atoms. The molecule has 1 aromatic carbocycles. The molecule has 3 aromatic heterocycles. The first kappa shape index (κ1) is 62.5. The molecule has 4 rings (SSSR count). The number of rotatable bonds is 33. The van der Waals surface area contributed by atoms with Gasteiger partial charge in [0, 0.05) is 72.7 Å². The van der Waals surface area contributed by atoms with E-state index in [4.69, 9.17) is 17.2 Å². The highest BCUT2D eigenvalue weighted by Crippen LogP contribution is 2.20. The summed E-state index contributed by atoms with van der Waals surface area (Å²) in [6, 6.07) is -1.56. The Labute approximate surface area is 451 Å². The molecular weight excluding hydrogens is 1010 g/mol. The van der Waals surface area contributed by atoms with E-state index in [2.05, 4.69) is 72.8 Å². The summed E-state index contributed by atoms with van der Waals surface area (Å²) in [6.07, 6.45) is 7.70. The van der Waals surface area contributed by atoms with Crippen molar-refractivity contribution >= 4 is 70.0 Å². The van der Waals surface area contributed by atoms with Crippen LogP contribution in [0.25, 0.3) is 10.9 Å². The number of aromatic nitrogens is 5. The molecule has 0 aliphatic carbocycles. The van der Waals surface area contributed by atoms with E-state index in [-0.39, 0.29) is 37.1 Å². The number of aromatic amines is 3. The fraction of sp³-hybridized carbons (Fsp3) is 0.529. The average Bonchev–Trinajstić information content (AvgIpc) is 4.20. The van der Waals surface area contributed by atoms with Crippen molar-refractivity contribution in [2.75, 3.05) is 19.6 Å². The molecule has 426 valence electrons. The first-order valence-corrected chi connectivity index (χ1v) is 25.8. The first-order chi connectivity index (χ1) is 36.9. The minimum absolute atomic E-state index is 0.111. The van der Waals surface area contributed by atoms with Crippen LogP contribution in [0.15, 0.2) is 55.5 Å². The fourth-order valence-electron chi connectivity index (χ4n) is 8.47. The molecule has 78 heavy (non-hydrogen) atoms. The number of para-hydroxylation sites is 1. The van der Waals surface area contributed by atoms with Crippen molar-refractivity contribution in [3.8, 4) is 0 Å². The maximum Gasteiger partial charge on any atom is 0.245 e. The number of fused-ring (bicyclic) bond motifs is 1. The highest BCUT2D eigenvalue weighted by Gasteiger charge is 2.34. The number of hydrogen-bond acceptors (Lipinski definition) is 15. The Morgan fingerprint density at radius 3 is 1.76 bits per heavy atom. The smallest absolute Gasteiger partial charge is 0.245 e. The number of imidazole rings is 2. The van der Waals surface area contributed by atoms with Crippen molar-refractivity contribution in [2.24, 2.45) is 35.0 Å². The second-order valence-electron chi connectivity index (χ2n) is 20.4. The van der Waals surface area contributed by atoms with Gasteiger partial charge in [0.25, 0.3) is 0 Å². The molecule has 0 fully saturated rings. The molecule has 0 radical (unpaired) electrons. The van der Waals surface area contributed by atoms with E-state index in [9.17, 15) is 47.9 Å². The lowest BCUT2D eigenvalue weighted by Gasteiger charge is -2.28. The van der Waals surface area contributed by atoms with E-state index in [1.165, 1.54) is 25.8 Å². The Bertz CT molecular complexity index is 2650. The summed E-state index contributed by atoms with van der Waals surface area (Å²) in [4.78, 5) is 150. The number of nitrogens with zero attached hydrogens (tertiary/aromatic N) is 2. The number of nitrogens with one attached hydrogen (secondary N) is 12. The van der Waals surface area contributed by atoms with Gasteiger partial charge in [0.05, 0.1) is 44.2 Å². The zero-order valence-corrected chi connectivity index (χ0v) is 45.1. The third-order valence-corrected chi connectivity index (χ3v) is 12.4. The number of nitrogens with two attached hydrogens (primary N) is 3. The number of imide groups is 1. The third-order valence-electron chi connectivity index (χ3n) is 12.4. The van der Waals surface area contributed by atoms with Crippen LogP contribution in [0.4, 0.5) is 0 Å². The lowest BCUT2D eigenvalue weighted by atomic mass is 9.99. The second-order valence-corrected chi connectivity index (χ2v) is 20.4. The van der Waals surface area contributed by atoms with Crippen LogP contribution in [0, 0.1) is 17.8 Å². The summed E-state index contributed by atoms with van der Waals surface area (Å²) in [7, 11) is 0. The Morgan fingerprint density at radius 2 is 1.19 bits per heavy atom. The van der Waals surface area contributed by atoms with Crippen molar-refractivity contribution in [3.63, 3.8) is 0 Å². The van der Waals surface area contributed by atoms with Crippen LogP contribution < -0.4 is 65.1 Å². The Balaban J connectivity index is 1.46. The van der Waals surface area contributed by atoms with E-state index in [1.807, 2.05) is 39.8 Å². The number of primary amides is 2. The standard InChI is InChI=1S/C51H77N17O10/c1-26(2)12-33(22-58-36(45(54)72)13-27(3)4)63-38(15-31-20-55-24-60-31)50(77)67-43(71)23-59-51(78)44(28(5)6)68-46(73)29(7)62-47(74)37(14-30-19-57-35-11-9-8-10-34(30)35)65-48(75)39(16-32-21-56-25-61-32)66-49(76)40(17-41(53)69)64-42(70)18-52/h8-11,19-21,24-29,33,36-40,44,57-58,63H,12-18,22-23,52H2,1-7H3,(H2,53,69)(H2,54,72)(H,55,60)(H,56,61)(H,59,78)(H,62,74)(H,64,70)(H,65,75)(H,66,76)(H,68,73)(H,67,71,77)/t29-,33-,36-,37-,38-,39-,40-,44-/m0/s1. The average molecular weight is 1090 g/mol. The lowest BCUT2D eigenvalue weighted by Crippen LogP contribution is -2.60. The predicted octanol–water partition coefficient (Wildman–Crippen LogP) is -2.80. The maximum absolute atomic E-state index is 14.3. The van der Waals surface area contributed by atoms with Crippen molar-refractivity contribution in [3.05, 3.63) is 72.5 Å². The summed E-state index contributed by atoms with van der Waals surface area (Å²) in [6.45, 7) is 11.8. The van der Waals surface area contributed by atoms with Gasteiger partial charge in [-0.05, 0) is 49.1 Å². The van der Waals surface area contributed by atoms with Gasteiger partial charge in [-0.2, -0.15) is 0 Å². The van der Waals surface area contributed by atoms with Crippen LogP contribution in [-0.4, -0.2) is 152 Å². The van der Waals surface area contributed by atoms with Gasteiger partial charge < -0.3 is 74.7 Å². The van der Waals surface area contributed by atoms with E-state index < -0.39 is 127 Å². The van der Waals surface area contributed by atoms with Crippen LogP contribution in [-0.2, 0) is 67.2 Å². The SMILES string of the molecule is CC(C)C[C@@H](CN[C@@H](CC(C)C)C(N)=O)N[C@@H](Cc1cnc[nH]1)C(=O)NC(=O)CNC(=O)[C@@H](NC(=O)[C@H](C)NC(=O)[C@H](Cc1c[nH]c2ccccc12)NC(=O)[C@H](Cc1cnc[nH]1)NC(=O)[C@H](CC(N)=O)NC(=O)CN)C(C)C. The van der Waals surface area contributed by atoms with Crippen molar-refractivity contribution in [2.45, 2.75) is 135 Å². The Morgan fingerprint density at radius 1 is 0.603 bits per heavy atom. The van der Waals surface area contributed by atoms with Gasteiger partial charge in [0.15, 0.2) is 0 Å². The van der Waals surface area contributed by atoms with Crippen LogP contribution in [0.2, 0.25) is 0 Å². The summed E-state index contributed by atoms with van der Waals surface area (Å²) in [5.41, 5.74) is 18.8. The van der Waals surface area contributed by atoms with Crippen LogP contribution in [0.5, 0.6) is 0 Å². The molecule has 0 unspecified atom stereocenters. The normalized spacial score (nSPS) is 14.5. The molecule has 18 N–H and O–H groups in total. The van der Waals surface area contributed by atoms with Crippen molar-refractivity contribution in [1.29, 1.82) is 0 Å². The molecule has 0 spiro atoms. The van der Waals surface area contributed by atoms with Gasteiger partial charge >= 0.3 is 0 Å². The molecule has 0 aliphatic rings. The lowest BCUT2D eigenvalue weighted by molar-refractivity contribution is -0.135. The van der Waals surface area contributed by atoms with Crippen LogP contribution in [0.1, 0.15) is 84.7 Å². The quantitative estimate of drug-likeness (QED) is 0.0229. The predicted molar refractivity (Wildman–Crippen MR) is 286 cm³/mol. The molecule has 10 amide bonds. The maximum atomic E-state index is 14.3. The monoisotopic (exact) mass is 1090 g/mol. The third kappa shape index (κ3) is 20.5. The van der Waals surface area contributed by atoms with Gasteiger partial charge in [-0.25, -0.2) is 9.97 Å². The summed E-state index contributed by atoms with van der Waals surface area (Å²) in [5.74, 6) is -8.13. The molecule has 0 saturated heterocycles.